The summed E-state index contributed by atoms with van der Waals surface area (Å²) in [6.07, 6.45) is 1.36. The second-order valence-electron chi connectivity index (χ2n) is 4.76. The van der Waals surface area contributed by atoms with Gasteiger partial charge in [-0.05, 0) is 29.8 Å². The summed E-state index contributed by atoms with van der Waals surface area (Å²) in [5.41, 5.74) is 2.99. The lowest BCUT2D eigenvalue weighted by Gasteiger charge is -2.03. The van der Waals surface area contributed by atoms with E-state index in [1.807, 2.05) is 0 Å². The molecule has 1 amide bonds. The van der Waals surface area contributed by atoms with Crippen LogP contribution in [0.2, 0.25) is 0 Å². The Kier molecular flexibility index (Phi) is 5.77. The highest BCUT2D eigenvalue weighted by molar-refractivity contribution is 5.95. The van der Waals surface area contributed by atoms with Gasteiger partial charge in [0.15, 0.2) is 6.61 Å². The SMILES string of the molecule is O=C(O)COc1cccc(/C=N\NC(=O)c2ccc([N+](=O)[O-])cc2)c1. The first-order chi connectivity index (χ1) is 12.0. The van der Waals surface area contributed by atoms with Gasteiger partial charge in [-0.2, -0.15) is 5.10 Å². The molecule has 2 N–H and O–H groups in total. The van der Waals surface area contributed by atoms with E-state index >= 15 is 0 Å². The van der Waals surface area contributed by atoms with E-state index in [1.165, 1.54) is 30.5 Å². The number of carbonyl (C=O) groups excluding carboxylic acids is 1. The van der Waals surface area contributed by atoms with Crippen molar-refractivity contribution in [1.29, 1.82) is 0 Å². The van der Waals surface area contributed by atoms with Crippen molar-refractivity contribution in [3.8, 4) is 5.75 Å². The van der Waals surface area contributed by atoms with Crippen LogP contribution in [0.1, 0.15) is 15.9 Å². The minimum atomic E-state index is -1.09. The molecule has 0 unspecified atom stereocenters. The molecule has 0 aromatic heterocycles. The molecule has 0 spiro atoms. The molecular weight excluding hydrogens is 330 g/mol. The molecule has 128 valence electrons. The first-order valence-corrected chi connectivity index (χ1v) is 6.98. The lowest BCUT2D eigenvalue weighted by atomic mass is 10.2. The number of ether oxygens (including phenoxy) is 1. The molecule has 2 aromatic carbocycles. The third-order valence-corrected chi connectivity index (χ3v) is 2.94. The Labute approximate surface area is 141 Å². The number of benzene rings is 2. The van der Waals surface area contributed by atoms with E-state index in [0.717, 1.165) is 0 Å². The lowest BCUT2D eigenvalue weighted by molar-refractivity contribution is -0.384. The zero-order valence-corrected chi connectivity index (χ0v) is 12.8. The largest absolute Gasteiger partial charge is 0.482 e. The Bertz CT molecular complexity index is 817. The number of carboxylic acid groups (broad SMARTS) is 1. The highest BCUT2D eigenvalue weighted by atomic mass is 16.6. The van der Waals surface area contributed by atoms with E-state index in [1.54, 1.807) is 24.3 Å². The fourth-order valence-electron chi connectivity index (χ4n) is 1.79. The number of nitrogens with one attached hydrogen (secondary N) is 1. The number of carboxylic acids is 1. The van der Waals surface area contributed by atoms with Crippen molar-refractivity contribution < 1.29 is 24.4 Å². The third kappa shape index (κ3) is 5.43. The number of non-ortho nitro benzene ring substituents is 1. The van der Waals surface area contributed by atoms with Crippen molar-refractivity contribution in [3.63, 3.8) is 0 Å². The van der Waals surface area contributed by atoms with Crippen molar-refractivity contribution in [2.75, 3.05) is 6.61 Å². The van der Waals surface area contributed by atoms with Gasteiger partial charge in [-0.25, -0.2) is 10.2 Å². The summed E-state index contributed by atoms with van der Waals surface area (Å²) in [5, 5.41) is 22.9. The van der Waals surface area contributed by atoms with Crippen molar-refractivity contribution in [2.45, 2.75) is 0 Å². The molecule has 9 nitrogen and oxygen atoms in total. The van der Waals surface area contributed by atoms with Crippen LogP contribution in [0.15, 0.2) is 53.6 Å². The standard InChI is InChI=1S/C16H13N3O6/c20-15(21)10-25-14-3-1-2-11(8-14)9-17-18-16(22)12-4-6-13(7-5-12)19(23)24/h1-9H,10H2,(H,18,22)(H,20,21)/b17-9-. The molecular formula is C16H13N3O6. The van der Waals surface area contributed by atoms with E-state index in [-0.39, 0.29) is 11.3 Å². The quantitative estimate of drug-likeness (QED) is 0.448. The second-order valence-corrected chi connectivity index (χ2v) is 4.76. The van der Waals surface area contributed by atoms with Gasteiger partial charge >= 0.3 is 5.97 Å². The molecule has 0 radical (unpaired) electrons. The average Bonchev–Trinajstić information content (AvgIpc) is 2.60. The number of aliphatic carboxylic acids is 1. The van der Waals surface area contributed by atoms with Crippen molar-refractivity contribution in [2.24, 2.45) is 5.10 Å². The van der Waals surface area contributed by atoms with Crippen LogP contribution in [0.4, 0.5) is 5.69 Å². The topological polar surface area (TPSA) is 131 Å². The van der Waals surface area contributed by atoms with E-state index in [9.17, 15) is 19.7 Å². The fraction of sp³-hybridized carbons (Fsp3) is 0.0625. The first-order valence-electron chi connectivity index (χ1n) is 6.98. The van der Waals surface area contributed by atoms with Crippen LogP contribution in [0, 0.1) is 10.1 Å². The van der Waals surface area contributed by atoms with Crippen LogP contribution in [-0.2, 0) is 4.79 Å². The molecule has 0 aliphatic heterocycles. The summed E-state index contributed by atoms with van der Waals surface area (Å²) < 4.78 is 5.03. The van der Waals surface area contributed by atoms with Crippen LogP contribution in [-0.4, -0.2) is 34.7 Å². The smallest absolute Gasteiger partial charge is 0.341 e. The molecule has 0 heterocycles. The summed E-state index contributed by atoms with van der Waals surface area (Å²) in [6.45, 7) is -0.461. The molecule has 2 aromatic rings. The monoisotopic (exact) mass is 343 g/mol. The van der Waals surface area contributed by atoms with Crippen molar-refractivity contribution in [3.05, 3.63) is 69.8 Å². The highest BCUT2D eigenvalue weighted by Crippen LogP contribution is 2.13. The maximum Gasteiger partial charge on any atom is 0.341 e. The normalized spacial score (nSPS) is 10.4. The van der Waals surface area contributed by atoms with Crippen molar-refractivity contribution in [1.82, 2.24) is 5.43 Å². The molecule has 0 aliphatic rings. The number of amides is 1. The predicted molar refractivity (Wildman–Crippen MR) is 87.7 cm³/mol. The molecule has 0 bridgehead atoms. The minimum absolute atomic E-state index is 0.113. The van der Waals surface area contributed by atoms with Gasteiger partial charge < -0.3 is 9.84 Å². The Morgan fingerprint density at radius 2 is 1.96 bits per heavy atom. The maximum atomic E-state index is 11.9. The average molecular weight is 343 g/mol. The minimum Gasteiger partial charge on any atom is -0.482 e. The molecule has 0 fully saturated rings. The van der Waals surface area contributed by atoms with E-state index in [2.05, 4.69) is 10.5 Å². The Morgan fingerprint density at radius 3 is 2.60 bits per heavy atom. The van der Waals surface area contributed by atoms with Gasteiger partial charge in [0, 0.05) is 17.7 Å². The Balaban J connectivity index is 1.95. The summed E-state index contributed by atoms with van der Waals surface area (Å²) >= 11 is 0. The molecule has 0 atom stereocenters. The van der Waals surface area contributed by atoms with Gasteiger partial charge in [0.1, 0.15) is 5.75 Å². The first kappa shape index (κ1) is 17.6. The molecule has 0 aliphatic carbocycles. The Hall–Kier alpha value is -3.75. The summed E-state index contributed by atoms with van der Waals surface area (Å²) in [6, 6.07) is 11.6. The highest BCUT2D eigenvalue weighted by Gasteiger charge is 2.08. The van der Waals surface area contributed by atoms with E-state index in [4.69, 9.17) is 9.84 Å². The zero-order chi connectivity index (χ0) is 18.2. The molecule has 0 saturated carbocycles. The number of nitro benzene ring substituents is 1. The number of nitrogens with zero attached hydrogens (tertiary/aromatic N) is 2. The van der Waals surface area contributed by atoms with Gasteiger partial charge in [-0.15, -0.1) is 0 Å². The van der Waals surface area contributed by atoms with E-state index in [0.29, 0.717) is 11.3 Å². The number of hydrogen-bond acceptors (Lipinski definition) is 6. The van der Waals surface area contributed by atoms with Crippen LogP contribution in [0.3, 0.4) is 0 Å². The fourth-order valence-corrected chi connectivity index (χ4v) is 1.79. The van der Waals surface area contributed by atoms with Crippen LogP contribution < -0.4 is 10.2 Å². The predicted octanol–water partition coefficient (Wildman–Crippen LogP) is 1.82. The molecule has 9 heteroatoms. The summed E-state index contributed by atoms with van der Waals surface area (Å²) in [7, 11) is 0. The zero-order valence-electron chi connectivity index (χ0n) is 12.8. The maximum absolute atomic E-state index is 11.9. The van der Waals surface area contributed by atoms with Crippen LogP contribution >= 0.6 is 0 Å². The summed E-state index contributed by atoms with van der Waals surface area (Å²) in [5.74, 6) is -1.26. The number of nitro groups is 1. The molecule has 0 saturated heterocycles. The number of rotatable bonds is 7. The van der Waals surface area contributed by atoms with E-state index < -0.39 is 23.4 Å². The van der Waals surface area contributed by atoms with Gasteiger partial charge in [0.2, 0.25) is 0 Å². The molecule has 25 heavy (non-hydrogen) atoms. The van der Waals surface area contributed by atoms with Gasteiger partial charge in [-0.1, -0.05) is 12.1 Å². The van der Waals surface area contributed by atoms with Gasteiger partial charge in [0.25, 0.3) is 11.6 Å². The number of hydrazone groups is 1. The number of carbonyl (C=O) groups is 2. The summed E-state index contributed by atoms with van der Waals surface area (Å²) in [4.78, 5) is 32.3. The van der Waals surface area contributed by atoms with Crippen LogP contribution in [0.5, 0.6) is 5.75 Å². The second kappa shape index (κ2) is 8.20. The van der Waals surface area contributed by atoms with Crippen molar-refractivity contribution >= 4 is 23.8 Å². The lowest BCUT2D eigenvalue weighted by Crippen LogP contribution is -2.17. The Morgan fingerprint density at radius 1 is 1.24 bits per heavy atom. The van der Waals surface area contributed by atoms with Gasteiger partial charge in [-0.3, -0.25) is 14.9 Å². The molecule has 2 rings (SSSR count). The van der Waals surface area contributed by atoms with Gasteiger partial charge in [0.05, 0.1) is 11.1 Å². The third-order valence-electron chi connectivity index (χ3n) is 2.94. The van der Waals surface area contributed by atoms with Crippen LogP contribution in [0.25, 0.3) is 0 Å². The number of hydrogen-bond donors (Lipinski definition) is 2.